The Balaban J connectivity index is 2.63. The van der Waals surface area contributed by atoms with Crippen molar-refractivity contribution >= 4 is 21.6 Å². The summed E-state index contributed by atoms with van der Waals surface area (Å²) in [6.07, 6.45) is 1.41. The van der Waals surface area contributed by atoms with Crippen LogP contribution in [0.1, 0.15) is 25.3 Å². The minimum Gasteiger partial charge on any atom is -0.212 e. The second-order valence-corrected chi connectivity index (χ2v) is 6.08. The molecule has 0 bridgehead atoms. The summed E-state index contributed by atoms with van der Waals surface area (Å²) in [6.45, 7) is 1.95. The molecule has 0 spiro atoms. The highest BCUT2D eigenvalue weighted by molar-refractivity contribution is 7.88. The summed E-state index contributed by atoms with van der Waals surface area (Å²) in [5.41, 5.74) is 0.792. The third kappa shape index (κ3) is 5.52. The fourth-order valence-electron chi connectivity index (χ4n) is 1.57. The number of benzene rings is 1. The lowest BCUT2D eigenvalue weighted by Crippen LogP contribution is -2.35. The molecule has 0 fully saturated rings. The van der Waals surface area contributed by atoms with Crippen LogP contribution in [0.2, 0.25) is 0 Å². The van der Waals surface area contributed by atoms with Crippen LogP contribution in [-0.2, 0) is 15.8 Å². The van der Waals surface area contributed by atoms with Crippen molar-refractivity contribution < 1.29 is 8.42 Å². The van der Waals surface area contributed by atoms with Crippen LogP contribution in [0.4, 0.5) is 0 Å². The highest BCUT2D eigenvalue weighted by Crippen LogP contribution is 2.07. The fourth-order valence-corrected chi connectivity index (χ4v) is 3.34. The molecule has 0 saturated heterocycles. The van der Waals surface area contributed by atoms with Gasteiger partial charge in [-0.3, -0.25) is 0 Å². The van der Waals surface area contributed by atoms with Crippen LogP contribution in [0.3, 0.4) is 0 Å². The molecule has 3 nitrogen and oxygen atoms in total. The first kappa shape index (κ1) is 14.5. The van der Waals surface area contributed by atoms with Gasteiger partial charge >= 0.3 is 0 Å². The van der Waals surface area contributed by atoms with E-state index in [1.807, 2.05) is 37.3 Å². The van der Waals surface area contributed by atoms with Crippen molar-refractivity contribution in [2.45, 2.75) is 31.6 Å². The van der Waals surface area contributed by atoms with Gasteiger partial charge in [-0.1, -0.05) is 37.3 Å². The minimum atomic E-state index is -3.28. The lowest BCUT2D eigenvalue weighted by molar-refractivity contribution is 0.531. The van der Waals surface area contributed by atoms with Crippen molar-refractivity contribution in [2.75, 3.05) is 5.88 Å². The van der Waals surface area contributed by atoms with Crippen LogP contribution in [0, 0.1) is 0 Å². The van der Waals surface area contributed by atoms with E-state index < -0.39 is 10.0 Å². The van der Waals surface area contributed by atoms with Crippen molar-refractivity contribution in [3.8, 4) is 0 Å². The summed E-state index contributed by atoms with van der Waals surface area (Å²) >= 11 is 5.63. The summed E-state index contributed by atoms with van der Waals surface area (Å²) in [5, 5.41) is 0. The van der Waals surface area contributed by atoms with E-state index in [4.69, 9.17) is 11.6 Å². The number of hydrogen-bond acceptors (Lipinski definition) is 2. The lowest BCUT2D eigenvalue weighted by Gasteiger charge is -2.15. The highest BCUT2D eigenvalue weighted by Gasteiger charge is 2.16. The Morgan fingerprint density at radius 3 is 2.47 bits per heavy atom. The standard InChI is InChI=1S/C12H18ClNO2S/c1-2-12(8-9-13)14-17(15,16)10-11-6-4-3-5-7-11/h3-7,12,14H,2,8-10H2,1H3. The van der Waals surface area contributed by atoms with Crippen LogP contribution < -0.4 is 4.72 Å². The molecule has 0 aromatic heterocycles. The van der Waals surface area contributed by atoms with Gasteiger partial charge in [0.1, 0.15) is 0 Å². The maximum atomic E-state index is 11.9. The summed E-state index contributed by atoms with van der Waals surface area (Å²) in [7, 11) is -3.28. The molecular formula is C12H18ClNO2S. The first-order valence-corrected chi connectivity index (χ1v) is 7.86. The predicted molar refractivity (Wildman–Crippen MR) is 71.6 cm³/mol. The second kappa shape index (κ2) is 6.99. The average Bonchev–Trinajstić information content (AvgIpc) is 2.29. The molecule has 1 aromatic rings. The van der Waals surface area contributed by atoms with E-state index in [0.717, 1.165) is 12.0 Å². The summed E-state index contributed by atoms with van der Waals surface area (Å²) < 4.78 is 26.5. The Morgan fingerprint density at radius 2 is 1.94 bits per heavy atom. The zero-order valence-corrected chi connectivity index (χ0v) is 11.5. The third-order valence-electron chi connectivity index (χ3n) is 2.50. The molecule has 1 atom stereocenters. The van der Waals surface area contributed by atoms with Gasteiger partial charge in [0.05, 0.1) is 5.75 Å². The largest absolute Gasteiger partial charge is 0.216 e. The van der Waals surface area contributed by atoms with Gasteiger partial charge in [-0.25, -0.2) is 13.1 Å². The van der Waals surface area contributed by atoms with Gasteiger partial charge in [-0.15, -0.1) is 11.6 Å². The van der Waals surface area contributed by atoms with Gasteiger partial charge in [0, 0.05) is 11.9 Å². The number of sulfonamides is 1. The number of nitrogens with one attached hydrogen (secondary N) is 1. The number of rotatable bonds is 7. The smallest absolute Gasteiger partial charge is 0.212 e. The van der Waals surface area contributed by atoms with E-state index in [1.165, 1.54) is 0 Å². The molecule has 1 unspecified atom stereocenters. The molecular weight excluding hydrogens is 258 g/mol. The Kier molecular flexibility index (Phi) is 5.95. The van der Waals surface area contributed by atoms with Crippen molar-refractivity contribution in [1.82, 2.24) is 4.72 Å². The summed E-state index contributed by atoms with van der Waals surface area (Å²) in [4.78, 5) is 0. The normalized spacial score (nSPS) is 13.5. The van der Waals surface area contributed by atoms with Crippen molar-refractivity contribution in [1.29, 1.82) is 0 Å². The van der Waals surface area contributed by atoms with E-state index in [1.54, 1.807) is 0 Å². The van der Waals surface area contributed by atoms with Crippen molar-refractivity contribution in [3.05, 3.63) is 35.9 Å². The Labute approximate surface area is 108 Å². The number of halogens is 1. The van der Waals surface area contributed by atoms with Gasteiger partial charge < -0.3 is 0 Å². The number of hydrogen-bond donors (Lipinski definition) is 1. The lowest BCUT2D eigenvalue weighted by atomic mass is 10.2. The van der Waals surface area contributed by atoms with Crippen LogP contribution in [0.15, 0.2) is 30.3 Å². The van der Waals surface area contributed by atoms with E-state index in [2.05, 4.69) is 4.72 Å². The zero-order valence-electron chi connectivity index (χ0n) is 9.90. The van der Waals surface area contributed by atoms with Crippen LogP contribution in [-0.4, -0.2) is 20.3 Å². The predicted octanol–water partition coefficient (Wildman–Crippen LogP) is 2.51. The highest BCUT2D eigenvalue weighted by atomic mass is 35.5. The molecule has 17 heavy (non-hydrogen) atoms. The van der Waals surface area contributed by atoms with Gasteiger partial charge in [-0.2, -0.15) is 0 Å². The molecule has 1 N–H and O–H groups in total. The van der Waals surface area contributed by atoms with Gasteiger partial charge in [-0.05, 0) is 18.4 Å². The summed E-state index contributed by atoms with van der Waals surface area (Å²) in [5.74, 6) is 0.485. The SMILES string of the molecule is CCC(CCCl)NS(=O)(=O)Cc1ccccc1. The monoisotopic (exact) mass is 275 g/mol. The van der Waals surface area contributed by atoms with E-state index >= 15 is 0 Å². The molecule has 0 heterocycles. The molecule has 0 radical (unpaired) electrons. The zero-order chi connectivity index (χ0) is 12.7. The van der Waals surface area contributed by atoms with Gasteiger partial charge in [0.25, 0.3) is 0 Å². The first-order valence-electron chi connectivity index (χ1n) is 5.67. The molecule has 96 valence electrons. The fraction of sp³-hybridized carbons (Fsp3) is 0.500. The van der Waals surface area contributed by atoms with Crippen molar-refractivity contribution in [3.63, 3.8) is 0 Å². The molecule has 0 aliphatic rings. The Bertz CT molecular complexity index is 419. The number of alkyl halides is 1. The molecule has 0 amide bonds. The Morgan fingerprint density at radius 1 is 1.29 bits per heavy atom. The topological polar surface area (TPSA) is 46.2 Å². The van der Waals surface area contributed by atoms with Gasteiger partial charge in [0.2, 0.25) is 10.0 Å². The van der Waals surface area contributed by atoms with E-state index in [-0.39, 0.29) is 11.8 Å². The maximum absolute atomic E-state index is 11.9. The minimum absolute atomic E-state index is 0.0205. The third-order valence-corrected chi connectivity index (χ3v) is 4.12. The maximum Gasteiger partial charge on any atom is 0.216 e. The van der Waals surface area contributed by atoms with Crippen LogP contribution in [0.5, 0.6) is 0 Å². The molecule has 0 aliphatic heterocycles. The quantitative estimate of drug-likeness (QED) is 0.777. The van der Waals surface area contributed by atoms with Crippen LogP contribution in [0.25, 0.3) is 0 Å². The van der Waals surface area contributed by atoms with Crippen LogP contribution >= 0.6 is 11.6 Å². The average molecular weight is 276 g/mol. The first-order chi connectivity index (χ1) is 8.07. The van der Waals surface area contributed by atoms with Crippen molar-refractivity contribution in [2.24, 2.45) is 0 Å². The van der Waals surface area contributed by atoms with Gasteiger partial charge in [0.15, 0.2) is 0 Å². The molecule has 1 rings (SSSR count). The molecule has 0 saturated carbocycles. The molecule has 5 heteroatoms. The summed E-state index contributed by atoms with van der Waals surface area (Å²) in [6, 6.07) is 9.08. The van der Waals surface area contributed by atoms with E-state index in [0.29, 0.717) is 12.3 Å². The molecule has 1 aromatic carbocycles. The van der Waals surface area contributed by atoms with E-state index in [9.17, 15) is 8.42 Å². The Hall–Kier alpha value is -0.580. The second-order valence-electron chi connectivity index (χ2n) is 3.95. The molecule has 0 aliphatic carbocycles.